The zero-order valence-electron chi connectivity index (χ0n) is 19.7. The van der Waals surface area contributed by atoms with Crippen LogP contribution in [-0.4, -0.2) is 53.0 Å². The Kier molecular flexibility index (Phi) is 7.50. The molecule has 1 aliphatic heterocycles. The van der Waals surface area contributed by atoms with Crippen molar-refractivity contribution < 1.29 is 4.74 Å². The molecule has 2 fully saturated rings. The Balaban J connectivity index is 1.46. The molecule has 4 rings (SSSR count). The van der Waals surface area contributed by atoms with Crippen molar-refractivity contribution in [2.24, 2.45) is 12.0 Å². The third-order valence-electron chi connectivity index (χ3n) is 6.70. The Morgan fingerprint density at radius 1 is 1.06 bits per heavy atom. The highest BCUT2D eigenvalue weighted by molar-refractivity contribution is 5.80. The van der Waals surface area contributed by atoms with Gasteiger partial charge in [-0.2, -0.15) is 0 Å². The molecule has 0 amide bonds. The second-order valence-corrected chi connectivity index (χ2v) is 8.97. The molecule has 0 spiro atoms. The number of piperidine rings is 1. The smallest absolute Gasteiger partial charge is 0.192 e. The predicted molar refractivity (Wildman–Crippen MR) is 128 cm³/mol. The lowest BCUT2D eigenvalue weighted by Crippen LogP contribution is -2.53. The molecule has 2 aliphatic rings. The van der Waals surface area contributed by atoms with Crippen LogP contribution in [0.5, 0.6) is 5.75 Å². The summed E-state index contributed by atoms with van der Waals surface area (Å²) in [6.45, 7) is 4.45. The van der Waals surface area contributed by atoms with E-state index in [1.165, 1.54) is 32.1 Å². The summed E-state index contributed by atoms with van der Waals surface area (Å²) in [5.74, 6) is 3.61. The predicted octanol–water partition coefficient (Wildman–Crippen LogP) is 3.17. The van der Waals surface area contributed by atoms with Crippen LogP contribution in [0.2, 0.25) is 0 Å². The first kappa shape index (κ1) is 22.4. The van der Waals surface area contributed by atoms with Gasteiger partial charge in [0, 0.05) is 32.2 Å². The van der Waals surface area contributed by atoms with Crippen LogP contribution < -0.4 is 20.3 Å². The molecule has 1 atom stereocenters. The van der Waals surface area contributed by atoms with Gasteiger partial charge in [-0.1, -0.05) is 31.4 Å². The van der Waals surface area contributed by atoms with E-state index in [1.54, 1.807) is 7.11 Å². The quantitative estimate of drug-likeness (QED) is 0.532. The van der Waals surface area contributed by atoms with Crippen molar-refractivity contribution >= 4 is 11.6 Å². The Labute approximate surface area is 191 Å². The number of nitrogens with one attached hydrogen (secondary N) is 2. The zero-order chi connectivity index (χ0) is 22.3. The number of anilines is 1. The average Bonchev–Trinajstić information content (AvgIpc) is 3.15. The number of guanidine groups is 1. The van der Waals surface area contributed by atoms with Gasteiger partial charge in [0.2, 0.25) is 0 Å². The summed E-state index contributed by atoms with van der Waals surface area (Å²) >= 11 is 0. The standard InChI is InChI=1S/C24H37N7O/c1-18-28-29-23(30(18)2)16-25-24(26-19-10-5-4-6-11-19)27-20-12-9-15-31(17-20)21-13-7-8-14-22(21)32-3/h7-8,13-14,19-20H,4-6,9-12,15-17H2,1-3H3,(H2,25,26,27). The topological polar surface area (TPSA) is 79.6 Å². The Morgan fingerprint density at radius 2 is 1.81 bits per heavy atom. The molecule has 0 bridgehead atoms. The molecule has 1 saturated carbocycles. The molecule has 32 heavy (non-hydrogen) atoms. The number of hydrogen-bond acceptors (Lipinski definition) is 5. The minimum atomic E-state index is 0.324. The van der Waals surface area contributed by atoms with Crippen LogP contribution in [0, 0.1) is 6.92 Å². The van der Waals surface area contributed by atoms with E-state index in [9.17, 15) is 0 Å². The lowest BCUT2D eigenvalue weighted by atomic mass is 9.96. The molecule has 2 aromatic rings. The van der Waals surface area contributed by atoms with E-state index in [4.69, 9.17) is 9.73 Å². The fourth-order valence-electron chi connectivity index (χ4n) is 4.71. The van der Waals surface area contributed by atoms with Crippen LogP contribution in [0.15, 0.2) is 29.3 Å². The molecule has 1 aromatic carbocycles. The first-order valence-corrected chi connectivity index (χ1v) is 11.9. The molecule has 8 heteroatoms. The fourth-order valence-corrected chi connectivity index (χ4v) is 4.71. The molecular formula is C24H37N7O. The van der Waals surface area contributed by atoms with Gasteiger partial charge in [-0.25, -0.2) is 4.99 Å². The van der Waals surface area contributed by atoms with Gasteiger partial charge in [0.25, 0.3) is 0 Å². The van der Waals surface area contributed by atoms with Gasteiger partial charge in [0.05, 0.1) is 12.8 Å². The number of benzene rings is 1. The van der Waals surface area contributed by atoms with Crippen LogP contribution >= 0.6 is 0 Å². The minimum Gasteiger partial charge on any atom is -0.495 e. The largest absolute Gasteiger partial charge is 0.495 e. The van der Waals surface area contributed by atoms with Crippen molar-refractivity contribution in [3.05, 3.63) is 35.9 Å². The van der Waals surface area contributed by atoms with Crippen molar-refractivity contribution in [1.29, 1.82) is 0 Å². The first-order valence-electron chi connectivity index (χ1n) is 11.9. The number of rotatable bonds is 6. The van der Waals surface area contributed by atoms with Gasteiger partial charge >= 0.3 is 0 Å². The van der Waals surface area contributed by atoms with Gasteiger partial charge in [-0.05, 0) is 44.7 Å². The van der Waals surface area contributed by atoms with Crippen molar-refractivity contribution in [1.82, 2.24) is 25.4 Å². The zero-order valence-corrected chi connectivity index (χ0v) is 19.7. The molecular weight excluding hydrogens is 402 g/mol. The molecule has 8 nitrogen and oxygen atoms in total. The number of hydrogen-bond donors (Lipinski definition) is 2. The van der Waals surface area contributed by atoms with E-state index in [0.717, 1.165) is 55.0 Å². The van der Waals surface area contributed by atoms with Crippen molar-refractivity contribution in [3.63, 3.8) is 0 Å². The molecule has 174 valence electrons. The summed E-state index contributed by atoms with van der Waals surface area (Å²) in [6.07, 6.45) is 8.60. The second kappa shape index (κ2) is 10.7. The summed E-state index contributed by atoms with van der Waals surface area (Å²) in [5, 5.41) is 15.9. The molecule has 2 heterocycles. The van der Waals surface area contributed by atoms with Gasteiger partial charge < -0.3 is 24.8 Å². The van der Waals surface area contributed by atoms with Crippen molar-refractivity contribution in [3.8, 4) is 5.75 Å². The van der Waals surface area contributed by atoms with E-state index < -0.39 is 0 Å². The third kappa shape index (κ3) is 5.53. The summed E-state index contributed by atoms with van der Waals surface area (Å²) < 4.78 is 7.61. The normalized spacial score (nSPS) is 20.3. The van der Waals surface area contributed by atoms with E-state index in [-0.39, 0.29) is 0 Å². The SMILES string of the molecule is COc1ccccc1N1CCCC(NC(=NCc2nnc(C)n2C)NC2CCCCC2)C1. The van der Waals surface area contributed by atoms with Crippen LogP contribution in [0.3, 0.4) is 0 Å². The Morgan fingerprint density at radius 3 is 2.56 bits per heavy atom. The lowest BCUT2D eigenvalue weighted by molar-refractivity contribution is 0.399. The van der Waals surface area contributed by atoms with Crippen LogP contribution in [0.4, 0.5) is 5.69 Å². The number of para-hydroxylation sites is 2. The lowest BCUT2D eigenvalue weighted by Gasteiger charge is -2.36. The highest BCUT2D eigenvalue weighted by Gasteiger charge is 2.24. The van der Waals surface area contributed by atoms with E-state index >= 15 is 0 Å². The summed E-state index contributed by atoms with van der Waals surface area (Å²) in [7, 11) is 3.74. The van der Waals surface area contributed by atoms with Crippen LogP contribution in [-0.2, 0) is 13.6 Å². The Bertz CT molecular complexity index is 904. The molecule has 1 unspecified atom stereocenters. The van der Waals surface area contributed by atoms with Gasteiger partial charge in [-0.3, -0.25) is 0 Å². The first-order chi connectivity index (χ1) is 15.6. The fraction of sp³-hybridized carbons (Fsp3) is 0.625. The number of ether oxygens (including phenoxy) is 1. The molecule has 1 saturated heterocycles. The van der Waals surface area contributed by atoms with E-state index in [2.05, 4.69) is 37.9 Å². The van der Waals surface area contributed by atoms with Gasteiger partial charge in [-0.15, -0.1) is 10.2 Å². The minimum absolute atomic E-state index is 0.324. The van der Waals surface area contributed by atoms with Crippen molar-refractivity contribution in [2.45, 2.75) is 70.5 Å². The molecule has 0 radical (unpaired) electrons. The summed E-state index contributed by atoms with van der Waals surface area (Å²) in [5.41, 5.74) is 1.16. The number of nitrogens with zero attached hydrogens (tertiary/aromatic N) is 5. The number of aromatic nitrogens is 3. The summed E-state index contributed by atoms with van der Waals surface area (Å²) in [4.78, 5) is 7.34. The van der Waals surface area contributed by atoms with Gasteiger partial charge in [0.15, 0.2) is 11.8 Å². The monoisotopic (exact) mass is 439 g/mol. The highest BCUT2D eigenvalue weighted by Crippen LogP contribution is 2.30. The second-order valence-electron chi connectivity index (χ2n) is 8.97. The third-order valence-corrected chi connectivity index (χ3v) is 6.70. The maximum absolute atomic E-state index is 5.60. The van der Waals surface area contributed by atoms with E-state index in [0.29, 0.717) is 18.6 Å². The van der Waals surface area contributed by atoms with E-state index in [1.807, 2.05) is 30.7 Å². The molecule has 2 N–H and O–H groups in total. The number of aryl methyl sites for hydroxylation is 1. The molecule has 1 aliphatic carbocycles. The van der Waals surface area contributed by atoms with Crippen LogP contribution in [0.1, 0.15) is 56.6 Å². The Hall–Kier alpha value is -2.77. The maximum Gasteiger partial charge on any atom is 0.192 e. The summed E-state index contributed by atoms with van der Waals surface area (Å²) in [6, 6.07) is 9.10. The average molecular weight is 440 g/mol. The van der Waals surface area contributed by atoms with Crippen LogP contribution in [0.25, 0.3) is 0 Å². The van der Waals surface area contributed by atoms with Gasteiger partial charge in [0.1, 0.15) is 18.1 Å². The number of aliphatic imine (C=N–C) groups is 1. The number of methoxy groups -OCH3 is 1. The molecule has 1 aromatic heterocycles. The maximum atomic E-state index is 5.60. The highest BCUT2D eigenvalue weighted by atomic mass is 16.5. The van der Waals surface area contributed by atoms with Crippen molar-refractivity contribution in [2.75, 3.05) is 25.1 Å².